The van der Waals surface area contributed by atoms with Crippen molar-refractivity contribution in [3.05, 3.63) is 288 Å². The molecule has 0 saturated heterocycles. The second-order valence-corrected chi connectivity index (χ2v) is 17.7. The molecule has 1 aliphatic heterocycles. The van der Waals surface area contributed by atoms with Crippen LogP contribution in [0.25, 0.3) is 33.4 Å². The average molecular weight is 829 g/mol. The molecular formula is C63H44N2. The van der Waals surface area contributed by atoms with Gasteiger partial charge in [0.05, 0.1) is 28.2 Å². The first-order valence-electron chi connectivity index (χ1n) is 22.7. The number of hydrogen-bond donors (Lipinski definition) is 0. The first kappa shape index (κ1) is 37.4. The normalized spacial score (nSPS) is 14.1. The van der Waals surface area contributed by atoms with Gasteiger partial charge in [0.2, 0.25) is 0 Å². The molecule has 2 aliphatic carbocycles. The number of fused-ring (bicyclic) bond motifs is 12. The van der Waals surface area contributed by atoms with E-state index in [1.165, 1.54) is 83.7 Å². The van der Waals surface area contributed by atoms with E-state index in [1.54, 1.807) is 0 Å². The van der Waals surface area contributed by atoms with Crippen molar-refractivity contribution < 1.29 is 0 Å². The zero-order valence-electron chi connectivity index (χ0n) is 36.1. The maximum Gasteiger partial charge on any atom is 0.0755 e. The Labute approximate surface area is 381 Å². The predicted octanol–water partition coefficient (Wildman–Crippen LogP) is 16.3. The fraction of sp³-hybridized carbons (Fsp3) is 0.0476. The minimum Gasteiger partial charge on any atom is -0.310 e. The Morgan fingerprint density at radius 3 is 1.29 bits per heavy atom. The molecule has 0 N–H and O–H groups in total. The van der Waals surface area contributed by atoms with Gasteiger partial charge in [-0.15, -0.1) is 0 Å². The molecule has 2 heteroatoms. The maximum absolute atomic E-state index is 2.52. The standard InChI is InChI=1S/C63H44N2/c1-62(50-32-13-8-27-45(50)46-28-9-14-33-51(46)62)52-34-15-10-29-47(52)48-30-12-19-39-57(48)64(43-23-4-2-5-24-43)60-42-22-38-56-61(60)49-31-11-16-35-53(49)63(56)54-36-17-20-40-58(54)65(44-25-6-3-7-26-44)59-41-21-18-37-55(59)63/h2-42H,1H3. The van der Waals surface area contributed by atoms with Crippen LogP contribution >= 0.6 is 0 Å². The summed E-state index contributed by atoms with van der Waals surface area (Å²) >= 11 is 0. The summed E-state index contributed by atoms with van der Waals surface area (Å²) in [6.45, 7) is 2.42. The Balaban J connectivity index is 1.08. The van der Waals surface area contributed by atoms with E-state index in [4.69, 9.17) is 0 Å². The zero-order valence-corrected chi connectivity index (χ0v) is 36.1. The zero-order chi connectivity index (χ0) is 43.1. The van der Waals surface area contributed by atoms with E-state index in [0.29, 0.717) is 0 Å². The van der Waals surface area contributed by atoms with Crippen LogP contribution in [0, 0.1) is 0 Å². The second kappa shape index (κ2) is 14.4. The highest BCUT2D eigenvalue weighted by Gasteiger charge is 2.52. The number of hydrogen-bond acceptors (Lipinski definition) is 2. The Bertz CT molecular complexity index is 3380. The van der Waals surface area contributed by atoms with Crippen molar-refractivity contribution in [2.24, 2.45) is 0 Å². The van der Waals surface area contributed by atoms with Crippen LogP contribution < -0.4 is 9.80 Å². The van der Waals surface area contributed by atoms with Crippen molar-refractivity contribution >= 4 is 34.1 Å². The summed E-state index contributed by atoms with van der Waals surface area (Å²) in [6.07, 6.45) is 0. The van der Waals surface area contributed by atoms with E-state index < -0.39 is 5.41 Å². The van der Waals surface area contributed by atoms with Gasteiger partial charge in [-0.2, -0.15) is 0 Å². The van der Waals surface area contributed by atoms with Gasteiger partial charge in [0.25, 0.3) is 0 Å². The molecule has 0 amide bonds. The highest BCUT2D eigenvalue weighted by atomic mass is 15.2. The molecule has 0 radical (unpaired) electrons. The molecule has 10 aromatic rings. The molecule has 306 valence electrons. The molecule has 3 aliphatic rings. The van der Waals surface area contributed by atoms with E-state index >= 15 is 0 Å². The van der Waals surface area contributed by atoms with E-state index in [1.807, 2.05) is 0 Å². The summed E-state index contributed by atoms with van der Waals surface area (Å²) in [6, 6.07) is 92.2. The third-order valence-electron chi connectivity index (χ3n) is 14.5. The minimum absolute atomic E-state index is 0.372. The summed E-state index contributed by atoms with van der Waals surface area (Å²) in [5, 5.41) is 0. The molecule has 2 nitrogen and oxygen atoms in total. The van der Waals surface area contributed by atoms with Gasteiger partial charge in [-0.3, -0.25) is 0 Å². The molecule has 0 atom stereocenters. The van der Waals surface area contributed by atoms with Gasteiger partial charge < -0.3 is 9.80 Å². The van der Waals surface area contributed by atoms with Crippen molar-refractivity contribution in [2.45, 2.75) is 17.8 Å². The number of nitrogens with zero attached hydrogens (tertiary/aromatic N) is 2. The van der Waals surface area contributed by atoms with Crippen molar-refractivity contribution in [3.8, 4) is 33.4 Å². The summed E-state index contributed by atoms with van der Waals surface area (Å²) < 4.78 is 0. The Kier molecular flexibility index (Phi) is 8.29. The Hall–Kier alpha value is -8.20. The molecule has 0 bridgehead atoms. The van der Waals surface area contributed by atoms with E-state index in [-0.39, 0.29) is 5.41 Å². The van der Waals surface area contributed by atoms with Crippen LogP contribution in [0.3, 0.4) is 0 Å². The van der Waals surface area contributed by atoms with Gasteiger partial charge in [0.15, 0.2) is 0 Å². The third kappa shape index (κ3) is 5.17. The van der Waals surface area contributed by atoms with Gasteiger partial charge in [-0.1, -0.05) is 200 Å². The van der Waals surface area contributed by atoms with Crippen LogP contribution in [-0.2, 0) is 10.8 Å². The largest absolute Gasteiger partial charge is 0.310 e. The number of anilines is 6. The van der Waals surface area contributed by atoms with Gasteiger partial charge in [-0.25, -0.2) is 0 Å². The first-order chi connectivity index (χ1) is 32.2. The van der Waals surface area contributed by atoms with E-state index in [2.05, 4.69) is 265 Å². The molecule has 0 unspecified atom stereocenters. The summed E-state index contributed by atoms with van der Waals surface area (Å²) in [5.41, 5.74) is 22.6. The number of rotatable bonds is 6. The average Bonchev–Trinajstić information content (AvgIpc) is 3.83. The number of para-hydroxylation sites is 5. The molecular weight excluding hydrogens is 785 g/mol. The smallest absolute Gasteiger partial charge is 0.0755 e. The summed E-state index contributed by atoms with van der Waals surface area (Å²) in [5.74, 6) is 0. The fourth-order valence-corrected chi connectivity index (χ4v) is 12.0. The summed E-state index contributed by atoms with van der Waals surface area (Å²) in [4.78, 5) is 4.97. The second-order valence-electron chi connectivity index (χ2n) is 17.7. The van der Waals surface area contributed by atoms with Gasteiger partial charge in [0, 0.05) is 27.9 Å². The maximum atomic E-state index is 2.52. The van der Waals surface area contributed by atoms with E-state index in [0.717, 1.165) is 22.7 Å². The van der Waals surface area contributed by atoms with Crippen molar-refractivity contribution in [3.63, 3.8) is 0 Å². The quantitative estimate of drug-likeness (QED) is 0.165. The molecule has 13 rings (SSSR count). The molecule has 0 aromatic heterocycles. The Morgan fingerprint density at radius 1 is 0.308 bits per heavy atom. The lowest BCUT2D eigenvalue weighted by molar-refractivity contribution is 0.716. The summed E-state index contributed by atoms with van der Waals surface area (Å²) in [7, 11) is 0. The van der Waals surface area contributed by atoms with Gasteiger partial charge >= 0.3 is 0 Å². The van der Waals surface area contributed by atoms with E-state index in [9.17, 15) is 0 Å². The van der Waals surface area contributed by atoms with Crippen molar-refractivity contribution in [2.75, 3.05) is 9.80 Å². The Morgan fingerprint density at radius 2 is 0.708 bits per heavy atom. The molecule has 1 spiro atoms. The molecule has 0 fully saturated rings. The van der Waals surface area contributed by atoms with Crippen molar-refractivity contribution in [1.29, 1.82) is 0 Å². The fourth-order valence-electron chi connectivity index (χ4n) is 12.0. The van der Waals surface area contributed by atoms with Crippen molar-refractivity contribution in [1.82, 2.24) is 0 Å². The van der Waals surface area contributed by atoms with Gasteiger partial charge in [0.1, 0.15) is 0 Å². The molecule has 1 heterocycles. The first-order valence-corrected chi connectivity index (χ1v) is 22.7. The van der Waals surface area contributed by atoms with Crippen LogP contribution in [-0.4, -0.2) is 0 Å². The topological polar surface area (TPSA) is 6.48 Å². The van der Waals surface area contributed by atoms with Crippen LogP contribution in [0.15, 0.2) is 249 Å². The number of benzene rings is 10. The lowest BCUT2D eigenvalue weighted by Crippen LogP contribution is -2.36. The highest BCUT2D eigenvalue weighted by molar-refractivity contribution is 6.03. The minimum atomic E-state index is -0.577. The van der Waals surface area contributed by atoms with Crippen LogP contribution in [0.1, 0.15) is 45.9 Å². The lowest BCUT2D eigenvalue weighted by Gasteiger charge is -2.45. The van der Waals surface area contributed by atoms with Crippen LogP contribution in [0.5, 0.6) is 0 Å². The van der Waals surface area contributed by atoms with Crippen LogP contribution in [0.2, 0.25) is 0 Å². The predicted molar refractivity (Wildman–Crippen MR) is 270 cm³/mol. The molecule has 10 aromatic carbocycles. The molecule has 65 heavy (non-hydrogen) atoms. The van der Waals surface area contributed by atoms with Gasteiger partial charge in [-0.05, 0) is 117 Å². The molecule has 0 saturated carbocycles. The monoisotopic (exact) mass is 828 g/mol. The van der Waals surface area contributed by atoms with Crippen LogP contribution in [0.4, 0.5) is 34.1 Å². The lowest BCUT2D eigenvalue weighted by atomic mass is 9.64. The highest BCUT2D eigenvalue weighted by Crippen LogP contribution is 2.65. The third-order valence-corrected chi connectivity index (χ3v) is 14.5. The SMILES string of the molecule is CC1(c2ccccc2-c2ccccc2N(c2ccccc2)c2cccc3c2-c2ccccc2C32c3ccccc3N(c3ccccc3)c3ccccc32)c2ccccc2-c2ccccc21.